The third-order valence-electron chi connectivity index (χ3n) is 6.10. The molecular formula is C22H26N4O4S. The number of nitrogens with one attached hydrogen (secondary N) is 1. The number of amides is 2. The molecule has 164 valence electrons. The molecular weight excluding hydrogens is 416 g/mol. The van der Waals surface area contributed by atoms with Crippen molar-refractivity contribution in [2.45, 2.75) is 56.0 Å². The van der Waals surface area contributed by atoms with E-state index in [0.29, 0.717) is 23.7 Å². The standard InChI is InChI=1S/C22H26N4O4S/c1-31(29,30)18-9-5-8-16-14-26(22(28)20(16)18)17(12-15-6-3-2-4-7-15)21(27)25-19-13-23-10-11-24-19/h5,8-11,13,15,17H,2-4,6-7,12,14H2,1H3,(H,24,25,27)/t17-/m1/s1. The molecule has 0 unspecified atom stereocenters. The highest BCUT2D eigenvalue weighted by molar-refractivity contribution is 7.90. The van der Waals surface area contributed by atoms with E-state index in [-0.39, 0.29) is 22.9 Å². The normalized spacial score (nSPS) is 18.0. The van der Waals surface area contributed by atoms with Crippen molar-refractivity contribution in [3.63, 3.8) is 0 Å². The van der Waals surface area contributed by atoms with E-state index in [9.17, 15) is 18.0 Å². The van der Waals surface area contributed by atoms with Gasteiger partial charge in [0.25, 0.3) is 5.91 Å². The molecule has 0 spiro atoms. The Morgan fingerprint density at radius 2 is 2.00 bits per heavy atom. The number of carbonyl (C=O) groups excluding carboxylic acids is 2. The quantitative estimate of drug-likeness (QED) is 0.737. The molecule has 0 radical (unpaired) electrons. The zero-order valence-electron chi connectivity index (χ0n) is 17.5. The third-order valence-corrected chi connectivity index (χ3v) is 7.24. The van der Waals surface area contributed by atoms with Crippen molar-refractivity contribution in [3.05, 3.63) is 47.9 Å². The fraction of sp³-hybridized carbons (Fsp3) is 0.455. The lowest BCUT2D eigenvalue weighted by Crippen LogP contribution is -2.45. The second-order valence-corrected chi connectivity index (χ2v) is 10.3. The number of nitrogens with zero attached hydrogens (tertiary/aromatic N) is 3. The fourth-order valence-electron chi connectivity index (χ4n) is 4.60. The van der Waals surface area contributed by atoms with Gasteiger partial charge in [0.2, 0.25) is 5.91 Å². The minimum Gasteiger partial charge on any atom is -0.322 e. The summed E-state index contributed by atoms with van der Waals surface area (Å²) in [5, 5.41) is 2.78. The van der Waals surface area contributed by atoms with Crippen molar-refractivity contribution in [2.75, 3.05) is 11.6 Å². The van der Waals surface area contributed by atoms with Crippen LogP contribution in [0.15, 0.2) is 41.7 Å². The maximum absolute atomic E-state index is 13.4. The van der Waals surface area contributed by atoms with Gasteiger partial charge < -0.3 is 10.2 Å². The lowest BCUT2D eigenvalue weighted by atomic mass is 9.84. The van der Waals surface area contributed by atoms with Crippen molar-refractivity contribution in [3.8, 4) is 0 Å². The van der Waals surface area contributed by atoms with Crippen LogP contribution < -0.4 is 5.32 Å². The molecule has 1 saturated carbocycles. The summed E-state index contributed by atoms with van der Waals surface area (Å²) >= 11 is 0. The summed E-state index contributed by atoms with van der Waals surface area (Å²) in [6, 6.07) is 4.13. The van der Waals surface area contributed by atoms with E-state index in [4.69, 9.17) is 0 Å². The number of fused-ring (bicyclic) bond motifs is 1. The molecule has 2 amide bonds. The SMILES string of the molecule is CS(=O)(=O)c1cccc2c1C(=O)N([C@H](CC1CCCCC1)C(=O)Nc1cnccn1)C2. The lowest BCUT2D eigenvalue weighted by Gasteiger charge is -2.31. The largest absolute Gasteiger partial charge is 0.322 e. The van der Waals surface area contributed by atoms with E-state index in [1.165, 1.54) is 36.0 Å². The topological polar surface area (TPSA) is 109 Å². The van der Waals surface area contributed by atoms with E-state index >= 15 is 0 Å². The van der Waals surface area contributed by atoms with Crippen molar-refractivity contribution in [1.29, 1.82) is 0 Å². The number of hydrogen-bond donors (Lipinski definition) is 1. The number of rotatable bonds is 6. The molecule has 2 heterocycles. The van der Waals surface area contributed by atoms with Crippen molar-refractivity contribution in [2.24, 2.45) is 5.92 Å². The highest BCUT2D eigenvalue weighted by Crippen LogP contribution is 2.34. The molecule has 2 aliphatic rings. The summed E-state index contributed by atoms with van der Waals surface area (Å²) in [5.41, 5.74) is 0.819. The second kappa shape index (κ2) is 8.74. The molecule has 1 aliphatic carbocycles. The first-order chi connectivity index (χ1) is 14.8. The van der Waals surface area contributed by atoms with E-state index in [1.54, 1.807) is 12.1 Å². The average Bonchev–Trinajstić information content (AvgIpc) is 3.09. The van der Waals surface area contributed by atoms with E-state index in [2.05, 4.69) is 15.3 Å². The lowest BCUT2D eigenvalue weighted by molar-refractivity contribution is -0.121. The molecule has 1 aliphatic heterocycles. The van der Waals surface area contributed by atoms with Gasteiger partial charge in [-0.2, -0.15) is 0 Å². The maximum atomic E-state index is 13.4. The summed E-state index contributed by atoms with van der Waals surface area (Å²) in [7, 11) is -3.57. The Labute approximate surface area is 182 Å². The summed E-state index contributed by atoms with van der Waals surface area (Å²) in [6.45, 7) is 0.211. The Hall–Kier alpha value is -2.81. The Morgan fingerprint density at radius 1 is 1.23 bits per heavy atom. The van der Waals surface area contributed by atoms with Crippen molar-refractivity contribution in [1.82, 2.24) is 14.9 Å². The molecule has 8 nitrogen and oxygen atoms in total. The van der Waals surface area contributed by atoms with E-state index in [1.807, 2.05) is 0 Å². The summed E-state index contributed by atoms with van der Waals surface area (Å²) in [6.07, 6.45) is 11.6. The zero-order valence-corrected chi connectivity index (χ0v) is 18.3. The molecule has 1 aromatic carbocycles. The molecule has 1 atom stereocenters. The summed E-state index contributed by atoms with van der Waals surface area (Å²) < 4.78 is 24.5. The Bertz CT molecular complexity index is 1080. The molecule has 1 N–H and O–H groups in total. The number of hydrogen-bond acceptors (Lipinski definition) is 6. The minimum absolute atomic E-state index is 0.0169. The second-order valence-electron chi connectivity index (χ2n) is 8.33. The third kappa shape index (κ3) is 4.61. The van der Waals surface area contributed by atoms with Crippen LogP contribution in [0.25, 0.3) is 0 Å². The van der Waals surface area contributed by atoms with Crippen molar-refractivity contribution < 1.29 is 18.0 Å². The number of carbonyl (C=O) groups is 2. The summed E-state index contributed by atoms with van der Waals surface area (Å²) in [4.78, 5) is 36.2. The Balaban J connectivity index is 1.64. The fourth-order valence-corrected chi connectivity index (χ4v) is 5.51. The predicted octanol–water partition coefficient (Wildman–Crippen LogP) is 2.81. The van der Waals surface area contributed by atoms with Gasteiger partial charge >= 0.3 is 0 Å². The van der Waals surface area contributed by atoms with Crippen LogP contribution in [-0.4, -0.2) is 47.4 Å². The molecule has 4 rings (SSSR count). The minimum atomic E-state index is -3.57. The van der Waals surface area contributed by atoms with Gasteiger partial charge in [0, 0.05) is 25.2 Å². The molecule has 0 saturated heterocycles. The van der Waals surface area contributed by atoms with Crippen LogP contribution in [0.3, 0.4) is 0 Å². The van der Waals surface area contributed by atoms with Crippen LogP contribution in [0.1, 0.15) is 54.4 Å². The van der Waals surface area contributed by atoms with Gasteiger partial charge in [-0.15, -0.1) is 0 Å². The van der Waals surface area contributed by atoms with Crippen LogP contribution in [0.2, 0.25) is 0 Å². The monoisotopic (exact) mass is 442 g/mol. The average molecular weight is 443 g/mol. The number of benzene rings is 1. The first kappa shape index (κ1) is 21.4. The summed E-state index contributed by atoms with van der Waals surface area (Å²) in [5.74, 6) is -0.0707. The maximum Gasteiger partial charge on any atom is 0.256 e. The molecule has 2 aromatic rings. The van der Waals surface area contributed by atoms with Gasteiger partial charge in [0.15, 0.2) is 15.7 Å². The predicted molar refractivity (Wildman–Crippen MR) is 115 cm³/mol. The van der Waals surface area contributed by atoms with Gasteiger partial charge in [0.05, 0.1) is 16.7 Å². The van der Waals surface area contributed by atoms with Crippen LogP contribution in [0.4, 0.5) is 5.82 Å². The Morgan fingerprint density at radius 3 is 2.68 bits per heavy atom. The first-order valence-corrected chi connectivity index (χ1v) is 12.4. The molecule has 0 bridgehead atoms. The Kier molecular flexibility index (Phi) is 6.04. The molecule has 31 heavy (non-hydrogen) atoms. The van der Waals surface area contributed by atoms with Crippen LogP contribution in [-0.2, 0) is 21.2 Å². The molecule has 1 aromatic heterocycles. The van der Waals surface area contributed by atoms with Crippen LogP contribution in [0, 0.1) is 5.92 Å². The zero-order chi connectivity index (χ0) is 22.0. The van der Waals surface area contributed by atoms with Gasteiger partial charge in [-0.3, -0.25) is 14.6 Å². The van der Waals surface area contributed by atoms with Gasteiger partial charge in [-0.05, 0) is 24.0 Å². The van der Waals surface area contributed by atoms with E-state index in [0.717, 1.165) is 31.9 Å². The van der Waals surface area contributed by atoms with Gasteiger partial charge in [0.1, 0.15) is 6.04 Å². The van der Waals surface area contributed by atoms with Gasteiger partial charge in [-0.25, -0.2) is 13.4 Å². The van der Waals surface area contributed by atoms with Gasteiger partial charge in [-0.1, -0.05) is 44.2 Å². The number of aromatic nitrogens is 2. The smallest absolute Gasteiger partial charge is 0.256 e. The number of sulfone groups is 1. The highest BCUT2D eigenvalue weighted by Gasteiger charge is 2.40. The van der Waals surface area contributed by atoms with Crippen LogP contribution in [0.5, 0.6) is 0 Å². The van der Waals surface area contributed by atoms with E-state index < -0.39 is 21.8 Å². The molecule has 1 fully saturated rings. The number of anilines is 1. The van der Waals surface area contributed by atoms with Crippen molar-refractivity contribution >= 4 is 27.5 Å². The highest BCUT2D eigenvalue weighted by atomic mass is 32.2. The molecule has 9 heteroatoms. The first-order valence-electron chi connectivity index (χ1n) is 10.5. The van der Waals surface area contributed by atoms with Crippen LogP contribution >= 0.6 is 0 Å².